The average molecular weight is 253 g/mol. The Labute approximate surface area is 110 Å². The normalized spacial score (nSPS) is 12.0. The van der Waals surface area contributed by atoms with E-state index >= 15 is 0 Å². The van der Waals surface area contributed by atoms with Crippen molar-refractivity contribution in [1.29, 1.82) is 0 Å². The molecule has 1 aromatic rings. The molecule has 5 nitrogen and oxygen atoms in total. The Hall–Kier alpha value is -0.940. The molecule has 2 N–H and O–H groups in total. The second kappa shape index (κ2) is 7.48. The number of nitrogens with two attached hydrogens (primary N) is 1. The summed E-state index contributed by atoms with van der Waals surface area (Å²) in [6, 6.07) is 0.501. The molecule has 0 fully saturated rings. The molecule has 104 valence electrons. The summed E-state index contributed by atoms with van der Waals surface area (Å²) in [5.74, 6) is 1.64. The summed E-state index contributed by atoms with van der Waals surface area (Å²) in [5, 5.41) is 4.30. The Bertz CT molecular complexity index is 332. The molecule has 0 aliphatic carbocycles. The first-order valence-electron chi connectivity index (χ1n) is 6.85. The zero-order valence-electron chi connectivity index (χ0n) is 12.1. The molecule has 0 atom stereocenters. The van der Waals surface area contributed by atoms with Crippen molar-refractivity contribution in [2.75, 3.05) is 13.1 Å². The minimum atomic E-state index is 0.501. The van der Waals surface area contributed by atoms with Gasteiger partial charge in [0.15, 0.2) is 0 Å². The summed E-state index contributed by atoms with van der Waals surface area (Å²) < 4.78 is 2.02. The van der Waals surface area contributed by atoms with Crippen molar-refractivity contribution in [1.82, 2.24) is 19.7 Å². The van der Waals surface area contributed by atoms with Gasteiger partial charge >= 0.3 is 0 Å². The van der Waals surface area contributed by atoms with E-state index in [9.17, 15) is 0 Å². The van der Waals surface area contributed by atoms with Crippen molar-refractivity contribution in [3.05, 3.63) is 12.2 Å². The maximum absolute atomic E-state index is 5.59. The van der Waals surface area contributed by atoms with Crippen LogP contribution >= 0.6 is 0 Å². The topological polar surface area (TPSA) is 60.0 Å². The molecule has 18 heavy (non-hydrogen) atoms. The van der Waals surface area contributed by atoms with Crippen LogP contribution in [0.2, 0.25) is 0 Å². The second-order valence-corrected chi connectivity index (χ2v) is 5.46. The van der Waals surface area contributed by atoms with Gasteiger partial charge in [-0.1, -0.05) is 13.8 Å². The van der Waals surface area contributed by atoms with Gasteiger partial charge in [0.2, 0.25) is 0 Å². The summed E-state index contributed by atoms with van der Waals surface area (Å²) in [6.07, 6.45) is 2.68. The van der Waals surface area contributed by atoms with Crippen LogP contribution in [0.5, 0.6) is 0 Å². The van der Waals surface area contributed by atoms with E-state index < -0.39 is 0 Å². The monoisotopic (exact) mass is 253 g/mol. The summed E-state index contributed by atoms with van der Waals surface area (Å²) >= 11 is 0. The van der Waals surface area contributed by atoms with Gasteiger partial charge in [0.05, 0.1) is 6.54 Å². The molecule has 0 bridgehead atoms. The third-order valence-corrected chi connectivity index (χ3v) is 2.96. The predicted octanol–water partition coefficient (Wildman–Crippen LogP) is 1.49. The highest BCUT2D eigenvalue weighted by atomic mass is 15.3. The highest BCUT2D eigenvalue weighted by Crippen LogP contribution is 2.08. The third kappa shape index (κ3) is 4.74. The van der Waals surface area contributed by atoms with Crippen molar-refractivity contribution in [3.63, 3.8) is 0 Å². The van der Waals surface area contributed by atoms with Gasteiger partial charge in [0.25, 0.3) is 0 Å². The molecule has 1 heterocycles. The first-order chi connectivity index (χ1) is 8.54. The molecular formula is C13H27N5. The maximum atomic E-state index is 5.59. The molecular weight excluding hydrogens is 226 g/mol. The molecule has 0 radical (unpaired) electrons. The Kier molecular flexibility index (Phi) is 6.29. The van der Waals surface area contributed by atoms with Crippen molar-refractivity contribution in [2.24, 2.45) is 11.7 Å². The average Bonchev–Trinajstić information content (AvgIpc) is 2.70. The van der Waals surface area contributed by atoms with Crippen molar-refractivity contribution >= 4 is 0 Å². The minimum absolute atomic E-state index is 0.501. The van der Waals surface area contributed by atoms with Crippen molar-refractivity contribution in [2.45, 2.75) is 53.2 Å². The Morgan fingerprint density at radius 3 is 2.61 bits per heavy atom. The van der Waals surface area contributed by atoms with Gasteiger partial charge in [-0.05, 0) is 32.7 Å². The van der Waals surface area contributed by atoms with Crippen LogP contribution in [-0.4, -0.2) is 38.8 Å². The fourth-order valence-electron chi connectivity index (χ4n) is 1.90. The standard InChI is InChI=1S/C13H27N5/c1-11(2)8-18-13(15-10-16-18)9-17(12(3)4)7-5-6-14/h10-12H,5-9,14H2,1-4H3. The number of hydrogen-bond donors (Lipinski definition) is 1. The molecule has 0 spiro atoms. The minimum Gasteiger partial charge on any atom is -0.330 e. The Morgan fingerprint density at radius 1 is 1.33 bits per heavy atom. The lowest BCUT2D eigenvalue weighted by molar-refractivity contribution is 0.201. The van der Waals surface area contributed by atoms with Gasteiger partial charge in [-0.2, -0.15) is 5.10 Å². The largest absolute Gasteiger partial charge is 0.330 e. The zero-order valence-corrected chi connectivity index (χ0v) is 12.1. The highest BCUT2D eigenvalue weighted by molar-refractivity contribution is 4.86. The highest BCUT2D eigenvalue weighted by Gasteiger charge is 2.14. The molecule has 0 saturated heterocycles. The van der Waals surface area contributed by atoms with E-state index in [0.717, 1.165) is 38.4 Å². The molecule has 0 aromatic carbocycles. The number of nitrogens with zero attached hydrogens (tertiary/aromatic N) is 4. The molecule has 0 aliphatic heterocycles. The first kappa shape index (κ1) is 15.1. The van der Waals surface area contributed by atoms with E-state index in [2.05, 4.69) is 42.7 Å². The van der Waals surface area contributed by atoms with Crippen LogP contribution in [-0.2, 0) is 13.1 Å². The summed E-state index contributed by atoms with van der Waals surface area (Å²) in [7, 11) is 0. The SMILES string of the molecule is CC(C)Cn1ncnc1CN(CCCN)C(C)C. The molecule has 1 aromatic heterocycles. The molecule has 0 amide bonds. The van der Waals surface area contributed by atoms with Gasteiger partial charge in [-0.25, -0.2) is 9.67 Å². The van der Waals surface area contributed by atoms with Crippen LogP contribution in [0.3, 0.4) is 0 Å². The fourth-order valence-corrected chi connectivity index (χ4v) is 1.90. The van der Waals surface area contributed by atoms with Gasteiger partial charge in [-0.15, -0.1) is 0 Å². The van der Waals surface area contributed by atoms with Gasteiger partial charge in [0, 0.05) is 19.1 Å². The summed E-state index contributed by atoms with van der Waals surface area (Å²) in [5.41, 5.74) is 5.59. The Morgan fingerprint density at radius 2 is 2.06 bits per heavy atom. The van der Waals surface area contributed by atoms with Crippen LogP contribution < -0.4 is 5.73 Å². The number of aromatic nitrogens is 3. The van der Waals surface area contributed by atoms with Crippen LogP contribution in [0, 0.1) is 5.92 Å². The third-order valence-electron chi connectivity index (χ3n) is 2.96. The van der Waals surface area contributed by atoms with E-state index in [1.165, 1.54) is 0 Å². The molecule has 0 unspecified atom stereocenters. The summed E-state index contributed by atoms with van der Waals surface area (Å²) in [6.45, 7) is 12.3. The molecule has 1 rings (SSSR count). The van der Waals surface area contributed by atoms with Gasteiger partial charge < -0.3 is 5.73 Å². The van der Waals surface area contributed by atoms with Gasteiger partial charge in [-0.3, -0.25) is 4.90 Å². The fraction of sp³-hybridized carbons (Fsp3) is 0.846. The van der Waals surface area contributed by atoms with Gasteiger partial charge in [0.1, 0.15) is 12.2 Å². The molecule has 0 saturated carbocycles. The first-order valence-corrected chi connectivity index (χ1v) is 6.85. The number of hydrogen-bond acceptors (Lipinski definition) is 4. The quantitative estimate of drug-likeness (QED) is 0.762. The smallest absolute Gasteiger partial charge is 0.141 e. The van der Waals surface area contributed by atoms with E-state index in [0.29, 0.717) is 12.0 Å². The second-order valence-electron chi connectivity index (χ2n) is 5.46. The lowest BCUT2D eigenvalue weighted by Crippen LogP contribution is -2.33. The van der Waals surface area contributed by atoms with Crippen LogP contribution in [0.1, 0.15) is 39.9 Å². The summed E-state index contributed by atoms with van der Waals surface area (Å²) in [4.78, 5) is 6.77. The van der Waals surface area contributed by atoms with Crippen LogP contribution in [0.4, 0.5) is 0 Å². The lowest BCUT2D eigenvalue weighted by atomic mass is 10.2. The lowest BCUT2D eigenvalue weighted by Gasteiger charge is -2.26. The van der Waals surface area contributed by atoms with Crippen molar-refractivity contribution in [3.8, 4) is 0 Å². The van der Waals surface area contributed by atoms with Crippen LogP contribution in [0.25, 0.3) is 0 Å². The van der Waals surface area contributed by atoms with Crippen LogP contribution in [0.15, 0.2) is 6.33 Å². The predicted molar refractivity (Wildman–Crippen MR) is 74.1 cm³/mol. The number of rotatable bonds is 8. The van der Waals surface area contributed by atoms with E-state index in [1.54, 1.807) is 6.33 Å². The maximum Gasteiger partial charge on any atom is 0.141 e. The molecule has 5 heteroatoms. The Balaban J connectivity index is 2.65. The molecule has 0 aliphatic rings. The van der Waals surface area contributed by atoms with Crippen molar-refractivity contribution < 1.29 is 0 Å². The van der Waals surface area contributed by atoms with E-state index in [-0.39, 0.29) is 0 Å². The van der Waals surface area contributed by atoms with E-state index in [1.807, 2.05) is 4.68 Å². The zero-order chi connectivity index (χ0) is 13.5. The van der Waals surface area contributed by atoms with E-state index in [4.69, 9.17) is 5.73 Å².